The standard InChI is InChI=1S/C54H99O12P/c1-3-5-7-9-11-13-15-17-19-21-23-25-27-29-31-33-35-37-39-41-43-48(55)65-47(46-64-67(61,62)66-54-52(59)50(57)49(56)51(58)53(54)60)45-63-44-42-40-38-36-34-32-30-28-26-24-22-20-18-16-14-12-10-8-6-4-2/h6,8,12,14,18,20,24,26,47,49-54,56-60H,3-5,7,9-11,13,15-17,19,21-23,25,27-46H2,1-2H3,(H,61,62)/b8-6-,14-12-,20-18-,26-24-. The first-order valence-electron chi connectivity index (χ1n) is 27.0. The summed E-state index contributed by atoms with van der Waals surface area (Å²) in [7, 11) is -5.03. The highest BCUT2D eigenvalue weighted by Gasteiger charge is 2.51. The molecule has 0 aromatic rings. The molecule has 67 heavy (non-hydrogen) atoms. The van der Waals surface area contributed by atoms with Gasteiger partial charge in [0, 0.05) is 13.0 Å². The molecule has 6 N–H and O–H groups in total. The van der Waals surface area contributed by atoms with Crippen LogP contribution in [-0.4, -0.2) is 98.9 Å². The van der Waals surface area contributed by atoms with Crippen molar-refractivity contribution in [2.24, 2.45) is 0 Å². The number of carbonyl (C=O) groups excluding carboxylic acids is 1. The predicted octanol–water partition coefficient (Wildman–Crippen LogP) is 12.4. The maximum absolute atomic E-state index is 12.9. The highest BCUT2D eigenvalue weighted by molar-refractivity contribution is 7.47. The Labute approximate surface area is 407 Å². The summed E-state index contributed by atoms with van der Waals surface area (Å²) in [6.45, 7) is 4.16. The molecule has 0 radical (unpaired) electrons. The van der Waals surface area contributed by atoms with Crippen LogP contribution in [0.4, 0.5) is 0 Å². The Morgan fingerprint density at radius 3 is 1.34 bits per heavy atom. The van der Waals surface area contributed by atoms with E-state index in [-0.39, 0.29) is 13.0 Å². The van der Waals surface area contributed by atoms with E-state index in [2.05, 4.69) is 62.5 Å². The number of hydrogen-bond acceptors (Lipinski definition) is 11. The molecule has 0 spiro atoms. The number of ether oxygens (including phenoxy) is 2. The first-order valence-corrected chi connectivity index (χ1v) is 28.5. The maximum atomic E-state index is 12.9. The molecule has 1 saturated carbocycles. The number of phosphoric ester groups is 1. The summed E-state index contributed by atoms with van der Waals surface area (Å²) < 4.78 is 34.3. The number of carbonyl (C=O) groups is 1. The van der Waals surface area contributed by atoms with Gasteiger partial charge in [0.2, 0.25) is 0 Å². The van der Waals surface area contributed by atoms with Crippen LogP contribution in [0.1, 0.15) is 226 Å². The van der Waals surface area contributed by atoms with E-state index in [1.54, 1.807) is 0 Å². The molecule has 0 saturated heterocycles. The van der Waals surface area contributed by atoms with E-state index >= 15 is 0 Å². The quantitative estimate of drug-likeness (QED) is 0.0147. The molecule has 0 heterocycles. The molecule has 0 amide bonds. The monoisotopic (exact) mass is 971 g/mol. The van der Waals surface area contributed by atoms with Crippen molar-refractivity contribution in [3.63, 3.8) is 0 Å². The molecule has 6 unspecified atom stereocenters. The Hall–Kier alpha value is -1.70. The van der Waals surface area contributed by atoms with Crippen LogP contribution in [0, 0.1) is 0 Å². The van der Waals surface area contributed by atoms with Crippen molar-refractivity contribution in [1.82, 2.24) is 0 Å². The summed E-state index contributed by atoms with van der Waals surface area (Å²) in [6, 6.07) is 0. The number of phosphoric acid groups is 1. The zero-order valence-electron chi connectivity index (χ0n) is 42.2. The van der Waals surface area contributed by atoms with E-state index in [0.717, 1.165) is 77.0 Å². The van der Waals surface area contributed by atoms with Gasteiger partial charge < -0.3 is 39.9 Å². The first kappa shape index (κ1) is 63.3. The third kappa shape index (κ3) is 36.0. The van der Waals surface area contributed by atoms with Gasteiger partial charge in [0.25, 0.3) is 0 Å². The second kappa shape index (κ2) is 44.3. The molecule has 392 valence electrons. The summed E-state index contributed by atoms with van der Waals surface area (Å²) in [5.74, 6) is -0.478. The van der Waals surface area contributed by atoms with Gasteiger partial charge in [0.05, 0.1) is 13.2 Å². The smallest absolute Gasteiger partial charge is 0.457 e. The normalized spacial score (nSPS) is 21.6. The molecule has 12 nitrogen and oxygen atoms in total. The Morgan fingerprint density at radius 2 is 0.881 bits per heavy atom. The lowest BCUT2D eigenvalue weighted by Crippen LogP contribution is -2.64. The van der Waals surface area contributed by atoms with Crippen molar-refractivity contribution in [2.45, 2.75) is 268 Å². The van der Waals surface area contributed by atoms with Gasteiger partial charge in [0.1, 0.15) is 42.7 Å². The van der Waals surface area contributed by atoms with Gasteiger partial charge in [-0.25, -0.2) is 4.57 Å². The average Bonchev–Trinajstić information content (AvgIpc) is 3.31. The summed E-state index contributed by atoms with van der Waals surface area (Å²) in [5, 5.41) is 50.4. The predicted molar refractivity (Wildman–Crippen MR) is 272 cm³/mol. The van der Waals surface area contributed by atoms with Crippen molar-refractivity contribution in [3.05, 3.63) is 48.6 Å². The van der Waals surface area contributed by atoms with Gasteiger partial charge in [-0.05, 0) is 51.4 Å². The van der Waals surface area contributed by atoms with Crippen LogP contribution < -0.4 is 0 Å². The molecule has 0 bridgehead atoms. The summed E-state index contributed by atoms with van der Waals surface area (Å²) in [4.78, 5) is 23.3. The Bertz CT molecular complexity index is 1290. The molecule has 0 aliphatic heterocycles. The van der Waals surface area contributed by atoms with Crippen molar-refractivity contribution >= 4 is 13.8 Å². The minimum atomic E-state index is -5.03. The minimum absolute atomic E-state index is 0.0827. The van der Waals surface area contributed by atoms with E-state index in [1.165, 1.54) is 122 Å². The van der Waals surface area contributed by atoms with Gasteiger partial charge in [-0.2, -0.15) is 0 Å². The Morgan fingerprint density at radius 1 is 0.493 bits per heavy atom. The summed E-state index contributed by atoms with van der Waals surface area (Å²) >= 11 is 0. The van der Waals surface area contributed by atoms with E-state index in [9.17, 15) is 39.8 Å². The fourth-order valence-corrected chi connectivity index (χ4v) is 9.20. The molecular weight excluding hydrogens is 872 g/mol. The topological polar surface area (TPSA) is 192 Å². The zero-order valence-corrected chi connectivity index (χ0v) is 43.1. The number of esters is 1. The maximum Gasteiger partial charge on any atom is 0.472 e. The summed E-state index contributed by atoms with van der Waals surface area (Å²) in [5.41, 5.74) is 0. The van der Waals surface area contributed by atoms with Gasteiger partial charge in [-0.1, -0.05) is 217 Å². The molecule has 6 atom stereocenters. The SMILES string of the molecule is CC/C=C\C/C=C\C/C=C\C/C=C\CCCCCCCCCOCC(COP(=O)(O)OC1C(O)C(O)C(O)C(O)C1O)OC(=O)CCCCCCCCCCCCCCCCCCCCCC. The first-order chi connectivity index (χ1) is 32.5. The number of aliphatic hydroxyl groups excluding tert-OH is 5. The number of rotatable bonds is 46. The zero-order chi connectivity index (χ0) is 49.1. The van der Waals surface area contributed by atoms with Crippen LogP contribution in [0.25, 0.3) is 0 Å². The lowest BCUT2D eigenvalue weighted by molar-refractivity contribution is -0.220. The highest BCUT2D eigenvalue weighted by atomic mass is 31.2. The molecule has 1 aliphatic carbocycles. The van der Waals surface area contributed by atoms with E-state index in [4.69, 9.17) is 18.5 Å². The van der Waals surface area contributed by atoms with Crippen molar-refractivity contribution in [3.8, 4) is 0 Å². The van der Waals surface area contributed by atoms with E-state index < -0.39 is 63.1 Å². The fraction of sp³-hybridized carbons (Fsp3) is 0.833. The van der Waals surface area contributed by atoms with Crippen LogP contribution in [0.5, 0.6) is 0 Å². The van der Waals surface area contributed by atoms with E-state index in [0.29, 0.717) is 13.0 Å². The van der Waals surface area contributed by atoms with Crippen molar-refractivity contribution in [2.75, 3.05) is 19.8 Å². The third-order valence-corrected chi connectivity index (χ3v) is 13.5. The molecule has 0 aromatic heterocycles. The number of unbranched alkanes of at least 4 members (excludes halogenated alkanes) is 26. The van der Waals surface area contributed by atoms with Gasteiger partial charge >= 0.3 is 13.8 Å². The van der Waals surface area contributed by atoms with Crippen LogP contribution in [0.15, 0.2) is 48.6 Å². The van der Waals surface area contributed by atoms with Crippen LogP contribution in [-0.2, 0) is 27.9 Å². The highest BCUT2D eigenvalue weighted by Crippen LogP contribution is 2.47. The molecule has 0 aromatic carbocycles. The number of hydrogen-bond donors (Lipinski definition) is 6. The lowest BCUT2D eigenvalue weighted by atomic mass is 9.85. The van der Waals surface area contributed by atoms with Crippen LogP contribution >= 0.6 is 7.82 Å². The van der Waals surface area contributed by atoms with Crippen LogP contribution in [0.3, 0.4) is 0 Å². The van der Waals surface area contributed by atoms with Crippen molar-refractivity contribution in [1.29, 1.82) is 0 Å². The lowest BCUT2D eigenvalue weighted by Gasteiger charge is -2.41. The Kier molecular flexibility index (Phi) is 41.8. The van der Waals surface area contributed by atoms with Gasteiger partial charge in [-0.15, -0.1) is 0 Å². The minimum Gasteiger partial charge on any atom is -0.457 e. The van der Waals surface area contributed by atoms with Gasteiger partial charge in [-0.3, -0.25) is 13.8 Å². The van der Waals surface area contributed by atoms with E-state index in [1.807, 2.05) is 0 Å². The van der Waals surface area contributed by atoms with Crippen molar-refractivity contribution < 1.29 is 58.3 Å². The van der Waals surface area contributed by atoms with Gasteiger partial charge in [0.15, 0.2) is 0 Å². The molecule has 1 fully saturated rings. The summed E-state index contributed by atoms with van der Waals surface area (Å²) in [6.07, 6.45) is 43.2. The fourth-order valence-electron chi connectivity index (χ4n) is 8.23. The molecular formula is C54H99O12P. The second-order valence-corrected chi connectivity index (χ2v) is 20.1. The number of allylic oxidation sites excluding steroid dienone is 8. The molecule has 13 heteroatoms. The van der Waals surface area contributed by atoms with Crippen LogP contribution in [0.2, 0.25) is 0 Å². The third-order valence-electron chi connectivity index (χ3n) is 12.5. The Balaban J connectivity index is 2.32. The molecule has 1 aliphatic rings. The largest absolute Gasteiger partial charge is 0.472 e. The number of aliphatic hydroxyl groups is 5. The average molecular weight is 971 g/mol. The molecule has 1 rings (SSSR count). The second-order valence-electron chi connectivity index (χ2n) is 18.7.